The molecule has 0 amide bonds. The Labute approximate surface area is 74.8 Å². The van der Waals surface area contributed by atoms with Crippen molar-refractivity contribution in [3.05, 3.63) is 27.5 Å². The number of pyridine rings is 1. The molecule has 0 aliphatic carbocycles. The number of aliphatic hydroxyl groups excluding tert-OH is 1. The van der Waals surface area contributed by atoms with Crippen LogP contribution in [0, 0.1) is 6.92 Å². The maximum absolute atomic E-state index is 8.82. The summed E-state index contributed by atoms with van der Waals surface area (Å²) in [6, 6.07) is 1.67. The maximum atomic E-state index is 8.82. The number of aliphatic hydroxyl groups is 1. The molecule has 60 valence electrons. The molecule has 1 rings (SSSR count). The molecule has 0 bridgehead atoms. The van der Waals surface area contributed by atoms with Gasteiger partial charge in [0.25, 0.3) is 0 Å². The molecule has 4 heteroatoms. The predicted molar refractivity (Wildman–Crippen MR) is 44.9 cm³/mol. The Morgan fingerprint density at radius 1 is 1.55 bits per heavy atom. The van der Waals surface area contributed by atoms with Crippen molar-refractivity contribution in [3.8, 4) is 0 Å². The van der Waals surface area contributed by atoms with Crippen LogP contribution in [0.2, 0.25) is 10.3 Å². The maximum Gasteiger partial charge on any atom is 0.136 e. The fourth-order valence-corrected chi connectivity index (χ4v) is 1.40. The second-order valence-electron chi connectivity index (χ2n) is 2.19. The highest BCUT2D eigenvalue weighted by molar-refractivity contribution is 6.33. The first kappa shape index (κ1) is 8.78. The van der Waals surface area contributed by atoms with E-state index < -0.39 is 0 Å². The lowest BCUT2D eigenvalue weighted by Gasteiger charge is -2.03. The van der Waals surface area contributed by atoms with Crippen molar-refractivity contribution in [3.63, 3.8) is 0 Å². The lowest BCUT2D eigenvalue weighted by atomic mass is 10.2. The number of aromatic nitrogens is 1. The van der Waals surface area contributed by atoms with Gasteiger partial charge in [-0.15, -0.1) is 0 Å². The van der Waals surface area contributed by atoms with Crippen LogP contribution in [0.3, 0.4) is 0 Å². The quantitative estimate of drug-likeness (QED) is 0.691. The SMILES string of the molecule is Cc1cc(Cl)nc(Cl)c1CO. The van der Waals surface area contributed by atoms with Gasteiger partial charge in [0, 0.05) is 5.56 Å². The molecule has 0 radical (unpaired) electrons. The summed E-state index contributed by atoms with van der Waals surface area (Å²) in [5.41, 5.74) is 1.49. The highest BCUT2D eigenvalue weighted by Crippen LogP contribution is 2.20. The fourth-order valence-electron chi connectivity index (χ4n) is 0.812. The molecule has 0 aliphatic heterocycles. The minimum Gasteiger partial charge on any atom is -0.392 e. The summed E-state index contributed by atoms with van der Waals surface area (Å²) in [5.74, 6) is 0. The van der Waals surface area contributed by atoms with Crippen LogP contribution in [0.15, 0.2) is 6.07 Å². The number of rotatable bonds is 1. The van der Waals surface area contributed by atoms with Gasteiger partial charge in [-0.2, -0.15) is 0 Å². The predicted octanol–water partition coefficient (Wildman–Crippen LogP) is 2.19. The molecule has 1 aromatic heterocycles. The number of halogens is 2. The van der Waals surface area contributed by atoms with Crippen molar-refractivity contribution in [1.82, 2.24) is 4.98 Å². The molecule has 0 unspecified atom stereocenters. The third kappa shape index (κ3) is 1.83. The highest BCUT2D eigenvalue weighted by Gasteiger charge is 2.05. The monoisotopic (exact) mass is 191 g/mol. The Hall–Kier alpha value is -0.310. The van der Waals surface area contributed by atoms with Gasteiger partial charge in [-0.25, -0.2) is 4.98 Å². The Balaban J connectivity index is 3.25. The van der Waals surface area contributed by atoms with Crippen LogP contribution in [-0.4, -0.2) is 10.1 Å². The zero-order valence-corrected chi connectivity index (χ0v) is 7.45. The largest absolute Gasteiger partial charge is 0.392 e. The Bertz CT molecular complexity index is 252. The lowest BCUT2D eigenvalue weighted by molar-refractivity contribution is 0.280. The van der Waals surface area contributed by atoms with Gasteiger partial charge >= 0.3 is 0 Å². The Morgan fingerprint density at radius 3 is 2.64 bits per heavy atom. The standard InChI is InChI=1S/C7H7Cl2NO/c1-4-2-6(8)10-7(9)5(4)3-11/h2,11H,3H2,1H3. The van der Waals surface area contributed by atoms with Crippen LogP contribution in [-0.2, 0) is 6.61 Å². The van der Waals surface area contributed by atoms with E-state index in [1.54, 1.807) is 6.07 Å². The van der Waals surface area contributed by atoms with Gasteiger partial charge in [0.2, 0.25) is 0 Å². The van der Waals surface area contributed by atoms with Crippen LogP contribution < -0.4 is 0 Å². The number of hydrogen-bond donors (Lipinski definition) is 1. The molecule has 1 N–H and O–H groups in total. The van der Waals surface area contributed by atoms with Crippen molar-refractivity contribution in [2.75, 3.05) is 0 Å². The second-order valence-corrected chi connectivity index (χ2v) is 2.93. The third-order valence-electron chi connectivity index (χ3n) is 1.42. The van der Waals surface area contributed by atoms with E-state index in [4.69, 9.17) is 28.3 Å². The van der Waals surface area contributed by atoms with E-state index in [-0.39, 0.29) is 11.8 Å². The summed E-state index contributed by atoms with van der Waals surface area (Å²) in [4.78, 5) is 3.78. The highest BCUT2D eigenvalue weighted by atomic mass is 35.5. The topological polar surface area (TPSA) is 33.1 Å². The summed E-state index contributed by atoms with van der Waals surface area (Å²) in [6.07, 6.45) is 0. The van der Waals surface area contributed by atoms with E-state index in [0.717, 1.165) is 5.56 Å². The smallest absolute Gasteiger partial charge is 0.136 e. The molecule has 0 saturated carbocycles. The molecule has 0 aromatic carbocycles. The van der Waals surface area contributed by atoms with Crippen molar-refractivity contribution < 1.29 is 5.11 Å². The number of nitrogens with zero attached hydrogens (tertiary/aromatic N) is 1. The summed E-state index contributed by atoms with van der Waals surface area (Å²) in [5, 5.41) is 9.45. The first-order valence-electron chi connectivity index (χ1n) is 3.07. The fraction of sp³-hybridized carbons (Fsp3) is 0.286. The minimum absolute atomic E-state index is 0.102. The molecular formula is C7H7Cl2NO. The molecule has 0 saturated heterocycles. The zero-order chi connectivity index (χ0) is 8.43. The molecule has 0 spiro atoms. The first-order chi connectivity index (χ1) is 5.15. The van der Waals surface area contributed by atoms with Crippen LogP contribution in [0.5, 0.6) is 0 Å². The number of hydrogen-bond acceptors (Lipinski definition) is 2. The average molecular weight is 192 g/mol. The Morgan fingerprint density at radius 2 is 2.18 bits per heavy atom. The molecule has 0 fully saturated rings. The molecule has 0 atom stereocenters. The first-order valence-corrected chi connectivity index (χ1v) is 3.83. The molecule has 11 heavy (non-hydrogen) atoms. The van der Waals surface area contributed by atoms with Crippen LogP contribution in [0.4, 0.5) is 0 Å². The van der Waals surface area contributed by atoms with Crippen LogP contribution in [0.25, 0.3) is 0 Å². The third-order valence-corrected chi connectivity index (χ3v) is 1.93. The van der Waals surface area contributed by atoms with E-state index >= 15 is 0 Å². The van der Waals surface area contributed by atoms with Crippen molar-refractivity contribution in [2.24, 2.45) is 0 Å². The molecule has 0 aliphatic rings. The summed E-state index contributed by atoms with van der Waals surface area (Å²) >= 11 is 11.3. The van der Waals surface area contributed by atoms with Crippen LogP contribution >= 0.6 is 23.2 Å². The van der Waals surface area contributed by atoms with E-state index in [0.29, 0.717) is 10.7 Å². The van der Waals surface area contributed by atoms with Gasteiger partial charge in [0.15, 0.2) is 0 Å². The van der Waals surface area contributed by atoms with Gasteiger partial charge in [-0.1, -0.05) is 23.2 Å². The minimum atomic E-state index is -0.102. The van der Waals surface area contributed by atoms with Gasteiger partial charge < -0.3 is 5.11 Å². The van der Waals surface area contributed by atoms with E-state index in [9.17, 15) is 0 Å². The van der Waals surface area contributed by atoms with Gasteiger partial charge in [0.05, 0.1) is 6.61 Å². The normalized spacial score (nSPS) is 10.2. The summed E-state index contributed by atoms with van der Waals surface area (Å²) in [6.45, 7) is 1.72. The van der Waals surface area contributed by atoms with E-state index in [1.165, 1.54) is 0 Å². The van der Waals surface area contributed by atoms with E-state index in [1.807, 2.05) is 6.92 Å². The second kappa shape index (κ2) is 3.39. The van der Waals surface area contributed by atoms with Crippen LogP contribution in [0.1, 0.15) is 11.1 Å². The number of aryl methyl sites for hydroxylation is 1. The molecule has 2 nitrogen and oxygen atoms in total. The lowest BCUT2D eigenvalue weighted by Crippen LogP contribution is -1.92. The van der Waals surface area contributed by atoms with Crippen molar-refractivity contribution >= 4 is 23.2 Å². The summed E-state index contributed by atoms with van der Waals surface area (Å²) < 4.78 is 0. The van der Waals surface area contributed by atoms with Crippen molar-refractivity contribution in [1.29, 1.82) is 0 Å². The zero-order valence-electron chi connectivity index (χ0n) is 5.93. The Kier molecular flexibility index (Phi) is 2.71. The van der Waals surface area contributed by atoms with Gasteiger partial charge in [-0.05, 0) is 18.6 Å². The van der Waals surface area contributed by atoms with E-state index in [2.05, 4.69) is 4.98 Å². The van der Waals surface area contributed by atoms with Gasteiger partial charge in [-0.3, -0.25) is 0 Å². The van der Waals surface area contributed by atoms with Gasteiger partial charge in [0.1, 0.15) is 10.3 Å². The molecule has 1 aromatic rings. The summed E-state index contributed by atoms with van der Waals surface area (Å²) in [7, 11) is 0. The molecule has 1 heterocycles. The average Bonchev–Trinajstić information content (AvgIpc) is 1.85. The molecular weight excluding hydrogens is 185 g/mol. The van der Waals surface area contributed by atoms with Crippen molar-refractivity contribution in [2.45, 2.75) is 13.5 Å².